The maximum Gasteiger partial charge on any atom is 0.0636 e. The van der Waals surface area contributed by atoms with Crippen molar-refractivity contribution in [1.29, 1.82) is 0 Å². The van der Waals surface area contributed by atoms with Crippen LogP contribution in [-0.2, 0) is 0 Å². The molecule has 0 aromatic carbocycles. The van der Waals surface area contributed by atoms with Gasteiger partial charge < -0.3 is 37.4 Å². The van der Waals surface area contributed by atoms with Crippen LogP contribution in [0.5, 0.6) is 0 Å². The highest BCUT2D eigenvalue weighted by molar-refractivity contribution is 4.58. The molecule has 0 aliphatic rings. The van der Waals surface area contributed by atoms with Crippen LogP contribution in [0.15, 0.2) is 0 Å². The van der Waals surface area contributed by atoms with E-state index in [4.69, 9.17) is 10.8 Å². The fourth-order valence-electron chi connectivity index (χ4n) is 1.62. The average molecular weight is 290 g/mol. The zero-order valence-electron chi connectivity index (χ0n) is 12.9. The minimum atomic E-state index is -0.269. The number of hydrogen-bond acceptors (Lipinski definition) is 7. The Balaban J connectivity index is 2.92. The van der Waals surface area contributed by atoms with Crippen molar-refractivity contribution in [2.45, 2.75) is 13.0 Å². The van der Waals surface area contributed by atoms with Gasteiger partial charge in [0.15, 0.2) is 0 Å². The summed E-state index contributed by atoms with van der Waals surface area (Å²) in [5.74, 6) is 0. The second-order valence-corrected chi connectivity index (χ2v) is 4.84. The first-order valence-electron chi connectivity index (χ1n) is 7.69. The molecule has 1 atom stereocenters. The van der Waals surface area contributed by atoms with E-state index in [-0.39, 0.29) is 6.10 Å². The summed E-state index contributed by atoms with van der Waals surface area (Å²) in [5.41, 5.74) is 5.38. The molecular weight excluding hydrogens is 256 g/mol. The lowest BCUT2D eigenvalue weighted by Crippen LogP contribution is -2.37. The zero-order valence-corrected chi connectivity index (χ0v) is 12.9. The van der Waals surface area contributed by atoms with Crippen LogP contribution in [0.25, 0.3) is 0 Å². The molecule has 0 amide bonds. The van der Waals surface area contributed by atoms with Crippen molar-refractivity contribution in [3.63, 3.8) is 0 Å². The largest absolute Gasteiger partial charge is 0.392 e. The van der Waals surface area contributed by atoms with Crippen LogP contribution < -0.4 is 32.3 Å². The summed E-state index contributed by atoms with van der Waals surface area (Å²) in [6.07, 6.45) is -0.269. The van der Waals surface area contributed by atoms with Gasteiger partial charge in [-0.15, -0.1) is 0 Å². The lowest BCUT2D eigenvalue weighted by molar-refractivity contribution is 0.191. The van der Waals surface area contributed by atoms with Crippen LogP contribution in [0.4, 0.5) is 0 Å². The summed E-state index contributed by atoms with van der Waals surface area (Å²) in [5, 5.41) is 25.5. The van der Waals surface area contributed by atoms with Gasteiger partial charge in [-0.1, -0.05) is 0 Å². The number of aliphatic hydroxyl groups excluding tert-OH is 1. The van der Waals surface area contributed by atoms with Gasteiger partial charge in [0.05, 0.1) is 6.10 Å². The smallest absolute Gasteiger partial charge is 0.0636 e. The minimum absolute atomic E-state index is 0.269. The monoisotopic (exact) mass is 290 g/mol. The molecule has 122 valence electrons. The first-order valence-corrected chi connectivity index (χ1v) is 7.69. The number of aliphatic hydroxyl groups is 1. The van der Waals surface area contributed by atoms with E-state index < -0.39 is 0 Å². The molecule has 0 heterocycles. The van der Waals surface area contributed by atoms with Crippen molar-refractivity contribution in [2.24, 2.45) is 5.73 Å². The van der Waals surface area contributed by atoms with Crippen LogP contribution in [0.1, 0.15) is 6.92 Å². The van der Waals surface area contributed by atoms with Crippen LogP contribution in [0.2, 0.25) is 0 Å². The third-order valence-electron chi connectivity index (χ3n) is 2.68. The Kier molecular flexibility index (Phi) is 16.5. The van der Waals surface area contributed by atoms with Crippen molar-refractivity contribution in [3.05, 3.63) is 0 Å². The molecule has 0 saturated carbocycles. The maximum atomic E-state index is 9.05. The molecule has 7 nitrogen and oxygen atoms in total. The number of nitrogens with one attached hydrogen (secondary N) is 5. The summed E-state index contributed by atoms with van der Waals surface area (Å²) in [6, 6.07) is 0. The van der Waals surface area contributed by atoms with Gasteiger partial charge in [0.2, 0.25) is 0 Å². The van der Waals surface area contributed by atoms with Gasteiger partial charge in [0.25, 0.3) is 0 Å². The van der Waals surface area contributed by atoms with Crippen LogP contribution in [0, 0.1) is 0 Å². The highest BCUT2D eigenvalue weighted by Crippen LogP contribution is 1.72. The molecule has 7 heteroatoms. The normalized spacial score (nSPS) is 12.8. The number of rotatable bonds is 16. The van der Waals surface area contributed by atoms with Crippen molar-refractivity contribution >= 4 is 0 Å². The molecule has 0 bridgehead atoms. The molecule has 0 fully saturated rings. The molecule has 0 aromatic heterocycles. The van der Waals surface area contributed by atoms with E-state index >= 15 is 0 Å². The maximum absolute atomic E-state index is 9.05. The van der Waals surface area contributed by atoms with Crippen molar-refractivity contribution in [1.82, 2.24) is 26.6 Å². The summed E-state index contributed by atoms with van der Waals surface area (Å²) in [6.45, 7) is 11.7. The van der Waals surface area contributed by atoms with Crippen molar-refractivity contribution in [2.75, 3.05) is 72.0 Å². The summed E-state index contributed by atoms with van der Waals surface area (Å²) >= 11 is 0. The van der Waals surface area contributed by atoms with Crippen molar-refractivity contribution < 1.29 is 5.11 Å². The first kappa shape index (κ1) is 19.7. The second-order valence-electron chi connectivity index (χ2n) is 4.84. The highest BCUT2D eigenvalue weighted by atomic mass is 16.3. The topological polar surface area (TPSA) is 106 Å². The van der Waals surface area contributed by atoms with E-state index in [0.29, 0.717) is 13.1 Å². The SMILES string of the molecule is CC(O)CNCCNCCNCCNCCNCCN. The fourth-order valence-corrected chi connectivity index (χ4v) is 1.62. The molecule has 0 saturated heterocycles. The number of nitrogens with two attached hydrogens (primary N) is 1. The Hall–Kier alpha value is -0.280. The predicted molar refractivity (Wildman–Crippen MR) is 85.1 cm³/mol. The van der Waals surface area contributed by atoms with Gasteiger partial charge in [-0.25, -0.2) is 0 Å². The number of hydrogen-bond donors (Lipinski definition) is 7. The van der Waals surface area contributed by atoms with E-state index in [0.717, 1.165) is 58.9 Å². The standard InChI is InChI=1S/C13H34N6O/c1-13(20)12-19-11-10-18-9-8-17-7-6-16-5-4-15-3-2-14/h13,15-20H,2-12,14H2,1H3. The second kappa shape index (κ2) is 16.8. The average Bonchev–Trinajstić information content (AvgIpc) is 2.43. The molecule has 0 aliphatic heterocycles. The Labute approximate surface area is 123 Å². The molecule has 0 radical (unpaired) electrons. The van der Waals surface area contributed by atoms with Crippen LogP contribution >= 0.6 is 0 Å². The van der Waals surface area contributed by atoms with Gasteiger partial charge in [0.1, 0.15) is 0 Å². The van der Waals surface area contributed by atoms with Crippen molar-refractivity contribution in [3.8, 4) is 0 Å². The van der Waals surface area contributed by atoms with Gasteiger partial charge >= 0.3 is 0 Å². The molecule has 20 heavy (non-hydrogen) atoms. The quantitative estimate of drug-likeness (QED) is 0.155. The van der Waals surface area contributed by atoms with Gasteiger partial charge in [-0.2, -0.15) is 0 Å². The van der Waals surface area contributed by atoms with Crippen LogP contribution in [0.3, 0.4) is 0 Å². The van der Waals surface area contributed by atoms with E-state index in [1.807, 2.05) is 0 Å². The zero-order chi connectivity index (χ0) is 14.9. The first-order chi connectivity index (χ1) is 9.77. The minimum Gasteiger partial charge on any atom is -0.392 e. The molecule has 0 aromatic rings. The Bertz CT molecular complexity index is 182. The van der Waals surface area contributed by atoms with E-state index in [2.05, 4.69) is 26.6 Å². The fraction of sp³-hybridized carbons (Fsp3) is 1.00. The molecule has 0 aliphatic carbocycles. The predicted octanol–water partition coefficient (Wildman–Crippen LogP) is -2.73. The molecular formula is C13H34N6O. The van der Waals surface area contributed by atoms with Gasteiger partial charge in [-0.3, -0.25) is 0 Å². The molecule has 8 N–H and O–H groups in total. The summed E-state index contributed by atoms with van der Waals surface area (Å²) < 4.78 is 0. The lowest BCUT2D eigenvalue weighted by atomic mass is 10.4. The molecule has 0 spiro atoms. The van der Waals surface area contributed by atoms with Gasteiger partial charge in [0, 0.05) is 72.0 Å². The van der Waals surface area contributed by atoms with Crippen LogP contribution in [-0.4, -0.2) is 83.2 Å². The third-order valence-corrected chi connectivity index (χ3v) is 2.68. The van der Waals surface area contributed by atoms with Gasteiger partial charge in [-0.05, 0) is 6.92 Å². The molecule has 1 unspecified atom stereocenters. The van der Waals surface area contributed by atoms with E-state index in [1.165, 1.54) is 0 Å². The summed E-state index contributed by atoms with van der Waals surface area (Å²) in [4.78, 5) is 0. The Morgan fingerprint density at radius 3 is 1.40 bits per heavy atom. The summed E-state index contributed by atoms with van der Waals surface area (Å²) in [7, 11) is 0. The highest BCUT2D eigenvalue weighted by Gasteiger charge is 1.93. The van der Waals surface area contributed by atoms with E-state index in [1.54, 1.807) is 6.92 Å². The Morgan fingerprint density at radius 1 is 0.700 bits per heavy atom. The third kappa shape index (κ3) is 17.7. The molecule has 0 rings (SSSR count). The lowest BCUT2D eigenvalue weighted by Gasteiger charge is -2.09. The Morgan fingerprint density at radius 2 is 1.05 bits per heavy atom. The van der Waals surface area contributed by atoms with E-state index in [9.17, 15) is 0 Å².